The second-order valence-corrected chi connectivity index (χ2v) is 5.55. The third-order valence-corrected chi connectivity index (χ3v) is 4.21. The lowest BCUT2D eigenvalue weighted by Crippen LogP contribution is -2.16. The molecule has 0 radical (unpaired) electrons. The van der Waals surface area contributed by atoms with Crippen molar-refractivity contribution in [3.8, 4) is 0 Å². The summed E-state index contributed by atoms with van der Waals surface area (Å²) in [7, 11) is 0. The zero-order valence-electron chi connectivity index (χ0n) is 12.9. The first kappa shape index (κ1) is 14.8. The number of carbonyl (C=O) groups excluding carboxylic acids is 1. The van der Waals surface area contributed by atoms with Gasteiger partial charge in [0.25, 0.3) is 5.91 Å². The molecule has 1 amide bonds. The van der Waals surface area contributed by atoms with Crippen molar-refractivity contribution in [2.45, 2.75) is 45.6 Å². The van der Waals surface area contributed by atoms with E-state index in [2.05, 4.69) is 29.4 Å². The van der Waals surface area contributed by atoms with Crippen molar-refractivity contribution in [2.75, 3.05) is 11.9 Å². The van der Waals surface area contributed by atoms with Crippen LogP contribution in [0.25, 0.3) is 0 Å². The number of furan rings is 1. The number of H-pyrrole nitrogens is 1. The van der Waals surface area contributed by atoms with Crippen LogP contribution in [-0.4, -0.2) is 22.7 Å². The zero-order valence-corrected chi connectivity index (χ0v) is 12.9. The molecule has 1 aliphatic rings. The number of aromatic amines is 1. The van der Waals surface area contributed by atoms with Crippen molar-refractivity contribution in [1.29, 1.82) is 0 Å². The van der Waals surface area contributed by atoms with Crippen molar-refractivity contribution < 1.29 is 13.9 Å². The van der Waals surface area contributed by atoms with Crippen LogP contribution in [0.1, 0.15) is 60.0 Å². The van der Waals surface area contributed by atoms with Crippen LogP contribution in [0.4, 0.5) is 5.82 Å². The monoisotopic (exact) mass is 303 g/mol. The molecule has 6 heteroatoms. The number of nitrogens with one attached hydrogen (secondary N) is 2. The molecular formula is C16H21N3O3. The SMILES string of the molecule is CCC(CC)c1cc(NC(=O)c2occ3c2CCOC3)n[nH]1. The summed E-state index contributed by atoms with van der Waals surface area (Å²) in [5, 5.41) is 9.98. The number of fused-ring (bicyclic) bond motifs is 1. The Morgan fingerprint density at radius 1 is 1.45 bits per heavy atom. The van der Waals surface area contributed by atoms with Gasteiger partial charge < -0.3 is 14.5 Å². The van der Waals surface area contributed by atoms with E-state index in [1.807, 2.05) is 6.07 Å². The summed E-state index contributed by atoms with van der Waals surface area (Å²) < 4.78 is 10.8. The summed E-state index contributed by atoms with van der Waals surface area (Å²) in [5.41, 5.74) is 2.95. The number of hydrogen-bond donors (Lipinski definition) is 2. The average Bonchev–Trinajstić information content (AvgIpc) is 3.15. The van der Waals surface area contributed by atoms with Crippen molar-refractivity contribution >= 4 is 11.7 Å². The van der Waals surface area contributed by atoms with Crippen LogP contribution < -0.4 is 5.32 Å². The van der Waals surface area contributed by atoms with E-state index < -0.39 is 0 Å². The van der Waals surface area contributed by atoms with E-state index in [4.69, 9.17) is 9.15 Å². The van der Waals surface area contributed by atoms with Crippen LogP contribution >= 0.6 is 0 Å². The minimum absolute atomic E-state index is 0.259. The van der Waals surface area contributed by atoms with E-state index in [1.165, 1.54) is 0 Å². The largest absolute Gasteiger partial charge is 0.458 e. The lowest BCUT2D eigenvalue weighted by molar-refractivity contribution is 0.0988. The number of hydrogen-bond acceptors (Lipinski definition) is 4. The Kier molecular flexibility index (Phi) is 4.29. The van der Waals surface area contributed by atoms with Gasteiger partial charge in [-0.25, -0.2) is 0 Å². The van der Waals surface area contributed by atoms with E-state index in [9.17, 15) is 4.79 Å². The van der Waals surface area contributed by atoms with Gasteiger partial charge in [-0.15, -0.1) is 0 Å². The fourth-order valence-electron chi connectivity index (χ4n) is 2.87. The van der Waals surface area contributed by atoms with Crippen LogP contribution in [0.3, 0.4) is 0 Å². The zero-order chi connectivity index (χ0) is 15.5. The Morgan fingerprint density at radius 3 is 3.05 bits per heavy atom. The Bertz CT molecular complexity index is 655. The molecule has 1 aliphatic heterocycles. The second-order valence-electron chi connectivity index (χ2n) is 5.55. The fraction of sp³-hybridized carbons (Fsp3) is 0.500. The maximum atomic E-state index is 12.4. The molecule has 3 heterocycles. The number of carbonyl (C=O) groups is 1. The first-order valence-corrected chi connectivity index (χ1v) is 7.76. The molecule has 0 atom stereocenters. The Hall–Kier alpha value is -2.08. The molecular weight excluding hydrogens is 282 g/mol. The Balaban J connectivity index is 1.73. The molecule has 0 aliphatic carbocycles. The maximum absolute atomic E-state index is 12.4. The van der Waals surface area contributed by atoms with Gasteiger partial charge in [0.15, 0.2) is 11.6 Å². The van der Waals surface area contributed by atoms with Crippen LogP contribution in [0.2, 0.25) is 0 Å². The number of amides is 1. The highest BCUT2D eigenvalue weighted by atomic mass is 16.5. The summed E-state index contributed by atoms with van der Waals surface area (Å²) in [6, 6.07) is 1.90. The Labute approximate surface area is 129 Å². The van der Waals surface area contributed by atoms with Gasteiger partial charge in [0.2, 0.25) is 0 Å². The average molecular weight is 303 g/mol. The van der Waals surface area contributed by atoms with Gasteiger partial charge in [-0.3, -0.25) is 9.89 Å². The molecule has 2 aromatic heterocycles. The van der Waals surface area contributed by atoms with E-state index in [1.54, 1.807) is 6.26 Å². The minimum atomic E-state index is -0.259. The highest BCUT2D eigenvalue weighted by molar-refractivity contribution is 6.03. The maximum Gasteiger partial charge on any atom is 0.292 e. The predicted octanol–water partition coefficient (Wildman–Crippen LogP) is 3.23. The predicted molar refractivity (Wildman–Crippen MR) is 81.9 cm³/mol. The minimum Gasteiger partial charge on any atom is -0.458 e. The summed E-state index contributed by atoms with van der Waals surface area (Å²) in [6.07, 6.45) is 4.38. The first-order chi connectivity index (χ1) is 10.7. The van der Waals surface area contributed by atoms with Crippen LogP contribution in [0.15, 0.2) is 16.7 Å². The van der Waals surface area contributed by atoms with Crippen molar-refractivity contribution in [2.24, 2.45) is 0 Å². The molecule has 0 bridgehead atoms. The number of nitrogens with zero attached hydrogens (tertiary/aromatic N) is 1. The molecule has 3 rings (SSSR count). The number of aromatic nitrogens is 2. The van der Waals surface area contributed by atoms with E-state index in [0.29, 0.717) is 37.1 Å². The second kappa shape index (κ2) is 6.36. The lowest BCUT2D eigenvalue weighted by atomic mass is 10.00. The van der Waals surface area contributed by atoms with E-state index in [-0.39, 0.29) is 5.91 Å². The molecule has 0 aromatic carbocycles. The van der Waals surface area contributed by atoms with Crippen LogP contribution in [-0.2, 0) is 17.8 Å². The molecule has 0 fully saturated rings. The van der Waals surface area contributed by atoms with E-state index >= 15 is 0 Å². The molecule has 6 nitrogen and oxygen atoms in total. The van der Waals surface area contributed by atoms with Crippen molar-refractivity contribution in [1.82, 2.24) is 10.2 Å². The molecule has 0 saturated carbocycles. The van der Waals surface area contributed by atoms with Gasteiger partial charge >= 0.3 is 0 Å². The van der Waals surface area contributed by atoms with E-state index in [0.717, 1.165) is 29.7 Å². The normalized spacial score (nSPS) is 14.1. The molecule has 0 unspecified atom stereocenters. The molecule has 2 aromatic rings. The quantitative estimate of drug-likeness (QED) is 0.888. The van der Waals surface area contributed by atoms with Crippen LogP contribution in [0, 0.1) is 0 Å². The van der Waals surface area contributed by atoms with Gasteiger partial charge in [0.1, 0.15) is 0 Å². The Morgan fingerprint density at radius 2 is 2.27 bits per heavy atom. The lowest BCUT2D eigenvalue weighted by Gasteiger charge is -2.11. The summed E-state index contributed by atoms with van der Waals surface area (Å²) in [6.45, 7) is 5.41. The molecule has 2 N–H and O–H groups in total. The molecule has 118 valence electrons. The molecule has 22 heavy (non-hydrogen) atoms. The van der Waals surface area contributed by atoms with Crippen LogP contribution in [0.5, 0.6) is 0 Å². The topological polar surface area (TPSA) is 80.2 Å². The van der Waals surface area contributed by atoms with Crippen molar-refractivity contribution in [3.05, 3.63) is 34.9 Å². The fourth-order valence-corrected chi connectivity index (χ4v) is 2.87. The third kappa shape index (κ3) is 2.78. The molecule has 0 saturated heterocycles. The third-order valence-electron chi connectivity index (χ3n) is 4.21. The van der Waals surface area contributed by atoms with Gasteiger partial charge in [-0.05, 0) is 12.8 Å². The highest BCUT2D eigenvalue weighted by Gasteiger charge is 2.23. The number of rotatable bonds is 5. The van der Waals surface area contributed by atoms with Gasteiger partial charge in [-0.1, -0.05) is 13.8 Å². The van der Waals surface area contributed by atoms with Gasteiger partial charge in [0.05, 0.1) is 19.5 Å². The number of anilines is 1. The highest BCUT2D eigenvalue weighted by Crippen LogP contribution is 2.25. The standard InChI is InChI=1S/C16H21N3O3/c1-3-10(4-2)13-7-14(19-18-13)17-16(20)15-12-5-6-21-8-11(12)9-22-15/h7,9-10H,3-6,8H2,1-2H3,(H2,17,18,19,20). The summed E-state index contributed by atoms with van der Waals surface area (Å²) >= 11 is 0. The van der Waals surface area contributed by atoms with Crippen molar-refractivity contribution in [3.63, 3.8) is 0 Å². The summed E-state index contributed by atoms with van der Waals surface area (Å²) in [5.74, 6) is 1.08. The number of ether oxygens (including phenoxy) is 1. The smallest absolute Gasteiger partial charge is 0.292 e. The summed E-state index contributed by atoms with van der Waals surface area (Å²) in [4.78, 5) is 12.4. The first-order valence-electron chi connectivity index (χ1n) is 7.76. The van der Waals surface area contributed by atoms with Gasteiger partial charge in [-0.2, -0.15) is 5.10 Å². The molecule has 0 spiro atoms. The van der Waals surface area contributed by atoms with Gasteiger partial charge in [0, 0.05) is 35.2 Å².